The molecule has 0 atom stereocenters. The first kappa shape index (κ1) is 19.0. The van der Waals surface area contributed by atoms with E-state index in [1.54, 1.807) is 11.9 Å². The molecular weight excluding hydrogens is 376 g/mol. The molecule has 1 heterocycles. The first-order chi connectivity index (χ1) is 12.7. The summed E-state index contributed by atoms with van der Waals surface area (Å²) in [5.74, 6) is -1.92. The summed E-state index contributed by atoms with van der Waals surface area (Å²) in [5.41, 5.74) is 0.106. The molecule has 0 bridgehead atoms. The highest BCUT2D eigenvalue weighted by Crippen LogP contribution is 2.20. The lowest BCUT2D eigenvalue weighted by atomic mass is 10.2. The zero-order chi connectivity index (χ0) is 19.6. The van der Waals surface area contributed by atoms with Gasteiger partial charge in [0.1, 0.15) is 17.5 Å². The second-order valence-electron chi connectivity index (χ2n) is 6.14. The van der Waals surface area contributed by atoms with E-state index in [4.69, 9.17) is 0 Å². The second kappa shape index (κ2) is 7.43. The molecule has 2 aromatic rings. The lowest BCUT2D eigenvalue weighted by Gasteiger charge is -2.11. The standard InChI is InChI=1S/C18H17F2N3O3S/c1-23-8-2-3-17(23)22-27(25,26)16-6-4-15(5-7-16)21-18(24)12-9-13(19)11-14(20)10-12/h4-7,9-11H,2-3,8H2,1H3,(H,21,24). The number of amides is 1. The molecule has 27 heavy (non-hydrogen) atoms. The molecule has 1 fully saturated rings. The molecule has 1 saturated heterocycles. The number of nitrogens with zero attached hydrogens (tertiary/aromatic N) is 2. The summed E-state index contributed by atoms with van der Waals surface area (Å²) in [7, 11) is -2.06. The van der Waals surface area contributed by atoms with E-state index >= 15 is 0 Å². The molecule has 1 aliphatic heterocycles. The van der Waals surface area contributed by atoms with Crippen LogP contribution in [0.4, 0.5) is 14.5 Å². The summed E-state index contributed by atoms with van der Waals surface area (Å²) >= 11 is 0. The van der Waals surface area contributed by atoms with Crippen LogP contribution in [-0.4, -0.2) is 38.7 Å². The Morgan fingerprint density at radius 3 is 2.30 bits per heavy atom. The molecule has 6 nitrogen and oxygen atoms in total. The molecule has 1 amide bonds. The van der Waals surface area contributed by atoms with Crippen molar-refractivity contribution in [2.45, 2.75) is 17.7 Å². The van der Waals surface area contributed by atoms with Crippen molar-refractivity contribution in [2.75, 3.05) is 18.9 Å². The second-order valence-corrected chi connectivity index (χ2v) is 7.75. The third-order valence-electron chi connectivity index (χ3n) is 4.09. The molecule has 2 aromatic carbocycles. The third-order valence-corrected chi connectivity index (χ3v) is 5.41. The molecule has 9 heteroatoms. The minimum atomic E-state index is -3.85. The van der Waals surface area contributed by atoms with Crippen molar-refractivity contribution in [3.63, 3.8) is 0 Å². The van der Waals surface area contributed by atoms with E-state index < -0.39 is 27.6 Å². The van der Waals surface area contributed by atoms with E-state index in [0.717, 1.165) is 25.1 Å². The number of sulfonamides is 1. The number of carbonyl (C=O) groups is 1. The summed E-state index contributed by atoms with van der Waals surface area (Å²) in [5, 5.41) is 2.46. The van der Waals surface area contributed by atoms with Crippen molar-refractivity contribution in [3.05, 3.63) is 59.7 Å². The highest BCUT2D eigenvalue weighted by Gasteiger charge is 2.20. The average Bonchev–Trinajstić information content (AvgIpc) is 2.98. The number of nitrogens with one attached hydrogen (secondary N) is 1. The van der Waals surface area contributed by atoms with E-state index in [1.807, 2.05) is 0 Å². The minimum Gasteiger partial charge on any atom is -0.362 e. The number of hydrogen-bond donors (Lipinski definition) is 1. The molecule has 0 unspecified atom stereocenters. The molecule has 0 saturated carbocycles. The van der Waals surface area contributed by atoms with E-state index in [1.165, 1.54) is 24.3 Å². The van der Waals surface area contributed by atoms with Crippen LogP contribution in [0.1, 0.15) is 23.2 Å². The molecule has 3 rings (SSSR count). The summed E-state index contributed by atoms with van der Waals surface area (Å²) < 4.78 is 55.0. The molecule has 0 radical (unpaired) electrons. The van der Waals surface area contributed by atoms with Crippen LogP contribution < -0.4 is 5.32 Å². The Balaban J connectivity index is 1.76. The summed E-state index contributed by atoms with van der Waals surface area (Å²) in [6.07, 6.45) is 1.46. The maximum Gasteiger partial charge on any atom is 0.283 e. The SMILES string of the molecule is CN1CCCC1=NS(=O)(=O)c1ccc(NC(=O)c2cc(F)cc(F)c2)cc1. The first-order valence-electron chi connectivity index (χ1n) is 8.17. The van der Waals surface area contributed by atoms with Gasteiger partial charge in [-0.2, -0.15) is 8.42 Å². The van der Waals surface area contributed by atoms with Gasteiger partial charge in [-0.3, -0.25) is 4.79 Å². The Morgan fingerprint density at radius 2 is 1.74 bits per heavy atom. The van der Waals surface area contributed by atoms with Gasteiger partial charge < -0.3 is 10.2 Å². The van der Waals surface area contributed by atoms with Crippen molar-refractivity contribution in [1.82, 2.24) is 4.90 Å². The van der Waals surface area contributed by atoms with E-state index in [-0.39, 0.29) is 16.1 Å². The number of halogens is 2. The Hall–Kier alpha value is -2.81. The number of anilines is 1. The molecule has 0 aromatic heterocycles. The van der Waals surface area contributed by atoms with Crippen LogP contribution in [0.15, 0.2) is 51.8 Å². The number of carbonyl (C=O) groups excluding carboxylic acids is 1. The maximum atomic E-state index is 13.2. The van der Waals surface area contributed by atoms with Gasteiger partial charge in [0.25, 0.3) is 15.9 Å². The van der Waals surface area contributed by atoms with Crippen molar-refractivity contribution >= 4 is 27.5 Å². The van der Waals surface area contributed by atoms with Crippen LogP contribution >= 0.6 is 0 Å². The Kier molecular flexibility index (Phi) is 5.22. The monoisotopic (exact) mass is 393 g/mol. The largest absolute Gasteiger partial charge is 0.362 e. The molecule has 142 valence electrons. The Morgan fingerprint density at radius 1 is 1.11 bits per heavy atom. The van der Waals surface area contributed by atoms with Gasteiger partial charge in [0.2, 0.25) is 0 Å². The summed E-state index contributed by atoms with van der Waals surface area (Å²) in [4.78, 5) is 13.9. The van der Waals surface area contributed by atoms with Gasteiger partial charge in [-0.1, -0.05) is 0 Å². The van der Waals surface area contributed by atoms with Crippen LogP contribution in [0.25, 0.3) is 0 Å². The maximum absolute atomic E-state index is 13.2. The number of benzene rings is 2. The average molecular weight is 393 g/mol. The first-order valence-corrected chi connectivity index (χ1v) is 9.61. The quantitative estimate of drug-likeness (QED) is 0.866. The van der Waals surface area contributed by atoms with Crippen LogP contribution in [-0.2, 0) is 10.0 Å². The molecule has 1 N–H and O–H groups in total. The summed E-state index contributed by atoms with van der Waals surface area (Å²) in [6.45, 7) is 0.764. The van der Waals surface area contributed by atoms with E-state index in [9.17, 15) is 22.0 Å². The fourth-order valence-electron chi connectivity index (χ4n) is 2.70. The van der Waals surface area contributed by atoms with Gasteiger partial charge in [-0.05, 0) is 42.8 Å². The van der Waals surface area contributed by atoms with Gasteiger partial charge in [0, 0.05) is 37.3 Å². The van der Waals surface area contributed by atoms with E-state index in [0.29, 0.717) is 18.3 Å². The lowest BCUT2D eigenvalue weighted by Crippen LogP contribution is -2.20. The van der Waals surface area contributed by atoms with Crippen molar-refractivity contribution < 1.29 is 22.0 Å². The van der Waals surface area contributed by atoms with Crippen LogP contribution in [0.3, 0.4) is 0 Å². The minimum absolute atomic E-state index is 0.00917. The third kappa shape index (κ3) is 4.48. The van der Waals surface area contributed by atoms with Crippen molar-refractivity contribution in [3.8, 4) is 0 Å². The van der Waals surface area contributed by atoms with Crippen molar-refractivity contribution in [1.29, 1.82) is 0 Å². The number of hydrogen-bond acceptors (Lipinski definition) is 3. The van der Waals surface area contributed by atoms with Gasteiger partial charge in [-0.25, -0.2) is 8.78 Å². The van der Waals surface area contributed by atoms with E-state index in [2.05, 4.69) is 9.71 Å². The zero-order valence-corrected chi connectivity index (χ0v) is 15.3. The lowest BCUT2D eigenvalue weighted by molar-refractivity contribution is 0.102. The summed E-state index contributed by atoms with van der Waals surface area (Å²) in [6, 6.07) is 7.89. The highest BCUT2D eigenvalue weighted by atomic mass is 32.2. The predicted molar refractivity (Wildman–Crippen MR) is 97.2 cm³/mol. The number of rotatable bonds is 4. The van der Waals surface area contributed by atoms with Gasteiger partial charge in [0.15, 0.2) is 0 Å². The molecular formula is C18H17F2N3O3S. The topological polar surface area (TPSA) is 78.8 Å². The van der Waals surface area contributed by atoms with Crippen LogP contribution in [0.2, 0.25) is 0 Å². The van der Waals surface area contributed by atoms with Gasteiger partial charge >= 0.3 is 0 Å². The number of amidine groups is 1. The van der Waals surface area contributed by atoms with Crippen molar-refractivity contribution in [2.24, 2.45) is 4.40 Å². The highest BCUT2D eigenvalue weighted by molar-refractivity contribution is 7.90. The normalized spacial score (nSPS) is 16.0. The molecule has 0 aliphatic carbocycles. The predicted octanol–water partition coefficient (Wildman–Crippen LogP) is 3.03. The van der Waals surface area contributed by atoms with Gasteiger partial charge in [-0.15, -0.1) is 4.40 Å². The molecule has 0 spiro atoms. The smallest absolute Gasteiger partial charge is 0.283 e. The fourth-order valence-corrected chi connectivity index (χ4v) is 3.79. The zero-order valence-electron chi connectivity index (χ0n) is 14.4. The fraction of sp³-hybridized carbons (Fsp3) is 0.222. The van der Waals surface area contributed by atoms with Gasteiger partial charge in [0.05, 0.1) is 4.90 Å². The number of likely N-dealkylation sites (tertiary alicyclic amines) is 1. The van der Waals surface area contributed by atoms with Crippen LogP contribution in [0.5, 0.6) is 0 Å². The van der Waals surface area contributed by atoms with Crippen LogP contribution in [0, 0.1) is 11.6 Å². The Bertz CT molecular complexity index is 985. The molecule has 1 aliphatic rings. The Labute approximate surface area is 155 Å².